The van der Waals surface area contributed by atoms with Crippen molar-refractivity contribution in [2.75, 3.05) is 11.8 Å². The Morgan fingerprint density at radius 2 is 1.76 bits per heavy atom. The number of halogens is 5. The molecule has 0 aliphatic heterocycles. The van der Waals surface area contributed by atoms with Gasteiger partial charge in [0.25, 0.3) is 10.0 Å². The van der Waals surface area contributed by atoms with Gasteiger partial charge in [-0.25, -0.2) is 12.9 Å². The summed E-state index contributed by atoms with van der Waals surface area (Å²) < 4.78 is 73.9. The molecule has 1 N–H and O–H groups in total. The van der Waals surface area contributed by atoms with Gasteiger partial charge in [0.05, 0.1) is 45.0 Å². The number of aromatic nitrogens is 3. The molecule has 0 fully saturated rings. The molecule has 0 bridgehead atoms. The molecule has 3 heterocycles. The molecule has 0 amide bonds. The van der Waals surface area contributed by atoms with Crippen LogP contribution in [0.3, 0.4) is 0 Å². The zero-order valence-electron chi connectivity index (χ0n) is 16.6. The molecule has 33 heavy (non-hydrogen) atoms. The van der Waals surface area contributed by atoms with Crippen molar-refractivity contribution in [1.82, 2.24) is 14.6 Å². The zero-order chi connectivity index (χ0) is 24.0. The number of rotatable bonds is 5. The van der Waals surface area contributed by atoms with Crippen LogP contribution in [-0.2, 0) is 16.2 Å². The number of sulfonamides is 1. The number of methoxy groups -OCH3 is 1. The second-order valence-corrected chi connectivity index (χ2v) is 9.25. The Labute approximate surface area is 195 Å². The average molecular weight is 517 g/mol. The molecular weight excluding hydrogens is 504 g/mol. The predicted molar refractivity (Wildman–Crippen MR) is 117 cm³/mol. The van der Waals surface area contributed by atoms with Crippen molar-refractivity contribution in [1.29, 1.82) is 0 Å². The standard InChI is InChI=1S/C20H13Cl2F3N4O3S/c1-32-12-6-11(9-26-10-12)17-8-18-16(22)4-5-19(29(18)27-17)28-33(30,31)13-2-3-15(21)14(7-13)20(23,24)25/h2-10,28H,1H3. The van der Waals surface area contributed by atoms with Crippen LogP contribution in [0.5, 0.6) is 5.75 Å². The Morgan fingerprint density at radius 1 is 1.03 bits per heavy atom. The molecule has 0 unspecified atom stereocenters. The summed E-state index contributed by atoms with van der Waals surface area (Å²) in [4.78, 5) is 3.44. The van der Waals surface area contributed by atoms with Gasteiger partial charge in [0.1, 0.15) is 11.6 Å². The smallest absolute Gasteiger partial charge is 0.417 e. The Kier molecular flexibility index (Phi) is 5.89. The van der Waals surface area contributed by atoms with E-state index in [9.17, 15) is 21.6 Å². The van der Waals surface area contributed by atoms with Gasteiger partial charge >= 0.3 is 6.18 Å². The molecular formula is C20H13Cl2F3N4O3S. The van der Waals surface area contributed by atoms with Crippen LogP contribution in [0.4, 0.5) is 19.0 Å². The summed E-state index contributed by atoms with van der Waals surface area (Å²) in [5.74, 6) is 0.444. The molecule has 0 atom stereocenters. The van der Waals surface area contributed by atoms with Gasteiger partial charge in [-0.1, -0.05) is 23.2 Å². The molecule has 0 radical (unpaired) electrons. The van der Waals surface area contributed by atoms with E-state index in [1.54, 1.807) is 12.1 Å². The van der Waals surface area contributed by atoms with Crippen molar-refractivity contribution in [3.05, 3.63) is 70.5 Å². The number of anilines is 1. The van der Waals surface area contributed by atoms with Crippen molar-refractivity contribution in [3.8, 4) is 17.0 Å². The topological polar surface area (TPSA) is 85.6 Å². The lowest BCUT2D eigenvalue weighted by Gasteiger charge is -2.13. The summed E-state index contributed by atoms with van der Waals surface area (Å²) in [5, 5.41) is 4.04. The van der Waals surface area contributed by atoms with Crippen molar-refractivity contribution >= 4 is 44.6 Å². The number of nitrogens with zero attached hydrogens (tertiary/aromatic N) is 3. The van der Waals surface area contributed by atoms with Crippen LogP contribution in [0.1, 0.15) is 5.56 Å². The summed E-state index contributed by atoms with van der Waals surface area (Å²) in [7, 11) is -2.95. The van der Waals surface area contributed by atoms with Crippen molar-refractivity contribution in [2.45, 2.75) is 11.1 Å². The minimum Gasteiger partial charge on any atom is -0.495 e. The van der Waals surface area contributed by atoms with E-state index in [0.717, 1.165) is 12.1 Å². The highest BCUT2D eigenvalue weighted by molar-refractivity contribution is 7.92. The van der Waals surface area contributed by atoms with Gasteiger partial charge in [-0.05, 0) is 42.5 Å². The van der Waals surface area contributed by atoms with Crippen LogP contribution in [0.25, 0.3) is 16.8 Å². The van der Waals surface area contributed by atoms with E-state index < -0.39 is 31.7 Å². The summed E-state index contributed by atoms with van der Waals surface area (Å²) >= 11 is 11.8. The van der Waals surface area contributed by atoms with Crippen LogP contribution >= 0.6 is 23.2 Å². The molecule has 7 nitrogen and oxygen atoms in total. The van der Waals surface area contributed by atoms with Crippen LogP contribution in [-0.4, -0.2) is 30.1 Å². The Morgan fingerprint density at radius 3 is 2.45 bits per heavy atom. The van der Waals surface area contributed by atoms with Crippen molar-refractivity contribution in [3.63, 3.8) is 0 Å². The molecule has 3 aromatic heterocycles. The molecule has 172 valence electrons. The van der Waals surface area contributed by atoms with Crippen molar-refractivity contribution in [2.24, 2.45) is 0 Å². The van der Waals surface area contributed by atoms with E-state index in [4.69, 9.17) is 27.9 Å². The van der Waals surface area contributed by atoms with Crippen LogP contribution in [0.15, 0.2) is 59.8 Å². The van der Waals surface area contributed by atoms with E-state index in [1.165, 1.54) is 36.2 Å². The first-order chi connectivity index (χ1) is 15.5. The maximum atomic E-state index is 13.2. The number of pyridine rings is 2. The number of hydrogen-bond donors (Lipinski definition) is 1. The minimum atomic E-state index is -4.82. The van der Waals surface area contributed by atoms with Gasteiger partial charge in [-0.3, -0.25) is 9.71 Å². The molecule has 0 saturated carbocycles. The fourth-order valence-corrected chi connectivity index (χ4v) is 4.51. The molecule has 13 heteroatoms. The lowest BCUT2D eigenvalue weighted by atomic mass is 10.2. The molecule has 0 aliphatic rings. The summed E-state index contributed by atoms with van der Waals surface area (Å²) in [6, 6.07) is 8.39. The van der Waals surface area contributed by atoms with Crippen LogP contribution < -0.4 is 9.46 Å². The van der Waals surface area contributed by atoms with Crippen molar-refractivity contribution < 1.29 is 26.3 Å². The maximum Gasteiger partial charge on any atom is 0.417 e. The Bertz CT molecular complexity index is 1470. The number of nitrogens with one attached hydrogen (secondary N) is 1. The second-order valence-electron chi connectivity index (χ2n) is 6.75. The lowest BCUT2D eigenvalue weighted by molar-refractivity contribution is -0.137. The van der Waals surface area contributed by atoms with Crippen LogP contribution in [0.2, 0.25) is 10.0 Å². The quantitative estimate of drug-likeness (QED) is 0.376. The number of ether oxygens (including phenoxy) is 1. The van der Waals surface area contributed by atoms with E-state index in [2.05, 4.69) is 14.8 Å². The SMILES string of the molecule is COc1cncc(-c2cc3c(Cl)ccc(NS(=O)(=O)c4ccc(Cl)c(C(F)(F)F)c4)n3n2)c1. The second kappa shape index (κ2) is 8.40. The molecule has 1 aromatic carbocycles. The largest absolute Gasteiger partial charge is 0.495 e. The number of benzene rings is 1. The number of fused-ring (bicyclic) bond motifs is 1. The van der Waals surface area contributed by atoms with Crippen LogP contribution in [0, 0.1) is 0 Å². The van der Waals surface area contributed by atoms with Gasteiger partial charge in [0.2, 0.25) is 0 Å². The van der Waals surface area contributed by atoms with Gasteiger partial charge in [0.15, 0.2) is 0 Å². The Balaban J connectivity index is 1.78. The third-order valence-corrected chi connectivity index (χ3v) is 6.61. The summed E-state index contributed by atoms with van der Waals surface area (Å²) in [6.45, 7) is 0. The highest BCUT2D eigenvalue weighted by Gasteiger charge is 2.34. The minimum absolute atomic E-state index is 0.0417. The molecule has 0 saturated heterocycles. The highest BCUT2D eigenvalue weighted by Crippen LogP contribution is 2.36. The summed E-state index contributed by atoms with van der Waals surface area (Å²) in [6.07, 6.45) is -1.78. The first kappa shape index (κ1) is 23.1. The summed E-state index contributed by atoms with van der Waals surface area (Å²) in [5.41, 5.74) is 0.0956. The Hall–Kier alpha value is -3.02. The molecule has 4 rings (SSSR count). The fourth-order valence-electron chi connectivity index (χ4n) is 3.02. The first-order valence-electron chi connectivity index (χ1n) is 9.07. The number of hydrogen-bond acceptors (Lipinski definition) is 5. The normalized spacial score (nSPS) is 12.2. The average Bonchev–Trinajstić information content (AvgIpc) is 3.22. The van der Waals surface area contributed by atoms with E-state index in [0.29, 0.717) is 28.6 Å². The zero-order valence-corrected chi connectivity index (χ0v) is 18.9. The third-order valence-electron chi connectivity index (χ3n) is 4.61. The number of alkyl halides is 3. The maximum absolute atomic E-state index is 13.2. The van der Waals surface area contributed by atoms with Gasteiger partial charge in [0, 0.05) is 11.8 Å². The molecule has 0 spiro atoms. The van der Waals surface area contributed by atoms with Gasteiger partial charge in [-0.15, -0.1) is 0 Å². The lowest BCUT2D eigenvalue weighted by Crippen LogP contribution is -2.17. The fraction of sp³-hybridized carbons (Fsp3) is 0.100. The third kappa shape index (κ3) is 4.56. The molecule has 4 aromatic rings. The van der Waals surface area contributed by atoms with E-state index in [-0.39, 0.29) is 10.8 Å². The van der Waals surface area contributed by atoms with Gasteiger partial charge in [-0.2, -0.15) is 18.3 Å². The van der Waals surface area contributed by atoms with E-state index >= 15 is 0 Å². The first-order valence-corrected chi connectivity index (χ1v) is 11.3. The molecule has 0 aliphatic carbocycles. The monoisotopic (exact) mass is 516 g/mol. The predicted octanol–water partition coefficient (Wildman–Crippen LogP) is 5.53. The highest BCUT2D eigenvalue weighted by atomic mass is 35.5. The van der Waals surface area contributed by atoms with Gasteiger partial charge < -0.3 is 4.74 Å². The van der Waals surface area contributed by atoms with E-state index in [1.807, 2.05) is 0 Å².